The largest absolute Gasteiger partial charge is 0.495 e. The molecule has 0 unspecified atom stereocenters. The summed E-state index contributed by atoms with van der Waals surface area (Å²) >= 11 is 0. The van der Waals surface area contributed by atoms with Crippen molar-refractivity contribution in [2.75, 3.05) is 7.11 Å². The molecule has 3 rings (SSSR count). The van der Waals surface area contributed by atoms with E-state index < -0.39 is 10.0 Å². The van der Waals surface area contributed by atoms with E-state index >= 15 is 0 Å². The monoisotopic (exact) mass is 321 g/mol. The molecule has 0 aliphatic heterocycles. The molecule has 0 atom stereocenters. The average molecular weight is 321 g/mol. The minimum absolute atomic E-state index is 0.121. The van der Waals surface area contributed by atoms with Crippen molar-refractivity contribution < 1.29 is 17.6 Å². The first kappa shape index (κ1) is 15.1. The first-order chi connectivity index (χ1) is 10.6. The van der Waals surface area contributed by atoms with Gasteiger partial charge in [-0.15, -0.1) is 0 Å². The average Bonchev–Trinajstić information content (AvgIpc) is 3.05. The molecule has 1 aliphatic rings. The highest BCUT2D eigenvalue weighted by atomic mass is 32.2. The fraction of sp³-hybridized carbons (Fsp3) is 0.375. The molecule has 1 aromatic heterocycles. The van der Waals surface area contributed by atoms with Crippen LogP contribution in [0.3, 0.4) is 0 Å². The van der Waals surface area contributed by atoms with Crippen LogP contribution in [0.15, 0.2) is 39.8 Å². The predicted octanol–water partition coefficient (Wildman–Crippen LogP) is 2.65. The van der Waals surface area contributed by atoms with E-state index in [1.54, 1.807) is 18.2 Å². The zero-order valence-electron chi connectivity index (χ0n) is 12.5. The van der Waals surface area contributed by atoms with Gasteiger partial charge < -0.3 is 9.15 Å². The Labute approximate surface area is 130 Å². The lowest BCUT2D eigenvalue weighted by Gasteiger charge is -2.19. The van der Waals surface area contributed by atoms with Crippen LogP contribution in [0.25, 0.3) is 0 Å². The van der Waals surface area contributed by atoms with Gasteiger partial charge in [0.1, 0.15) is 16.4 Å². The lowest BCUT2D eigenvalue weighted by Crippen LogP contribution is -2.24. The standard InChI is InChI=1S/C16H19NO4S/c1-20-15-9-12-5-2-3-6-13(12)10-16(15)22(18,19)17-11-14-7-4-8-21-14/h4,7-10,17H,2-3,5-6,11H2,1H3. The van der Waals surface area contributed by atoms with Crippen molar-refractivity contribution in [3.8, 4) is 5.75 Å². The van der Waals surface area contributed by atoms with Gasteiger partial charge in [-0.25, -0.2) is 13.1 Å². The highest BCUT2D eigenvalue weighted by Crippen LogP contribution is 2.31. The lowest BCUT2D eigenvalue weighted by atomic mass is 9.92. The zero-order valence-corrected chi connectivity index (χ0v) is 13.3. The van der Waals surface area contributed by atoms with Crippen LogP contribution >= 0.6 is 0 Å². The lowest BCUT2D eigenvalue weighted by molar-refractivity contribution is 0.400. The molecular weight excluding hydrogens is 302 g/mol. The van der Waals surface area contributed by atoms with Crippen molar-refractivity contribution in [3.05, 3.63) is 47.4 Å². The number of sulfonamides is 1. The van der Waals surface area contributed by atoms with Gasteiger partial charge in [0.05, 0.1) is 19.9 Å². The summed E-state index contributed by atoms with van der Waals surface area (Å²) < 4.78 is 38.1. The number of hydrogen-bond acceptors (Lipinski definition) is 4. The fourth-order valence-electron chi connectivity index (χ4n) is 2.77. The number of hydrogen-bond donors (Lipinski definition) is 1. The molecule has 1 heterocycles. The van der Waals surface area contributed by atoms with Crippen molar-refractivity contribution in [2.24, 2.45) is 0 Å². The number of ether oxygens (including phenoxy) is 1. The molecule has 118 valence electrons. The van der Waals surface area contributed by atoms with Gasteiger partial charge in [-0.2, -0.15) is 0 Å². The van der Waals surface area contributed by atoms with Crippen LogP contribution in [0.1, 0.15) is 29.7 Å². The molecule has 0 saturated carbocycles. The summed E-state index contributed by atoms with van der Waals surface area (Å²) in [6, 6.07) is 7.06. The number of rotatable bonds is 5. The van der Waals surface area contributed by atoms with Crippen LogP contribution in [0, 0.1) is 0 Å². The third-order valence-corrected chi connectivity index (χ3v) is 5.36. The number of methoxy groups -OCH3 is 1. The zero-order chi connectivity index (χ0) is 15.6. The maximum atomic E-state index is 12.6. The summed E-state index contributed by atoms with van der Waals surface area (Å²) in [5.41, 5.74) is 2.29. The fourth-order valence-corrected chi connectivity index (χ4v) is 3.96. The van der Waals surface area contributed by atoms with Crippen molar-refractivity contribution in [1.82, 2.24) is 4.72 Å². The van der Waals surface area contributed by atoms with Gasteiger partial charge in [-0.05, 0) is 61.1 Å². The van der Waals surface area contributed by atoms with Gasteiger partial charge in [0.25, 0.3) is 0 Å². The van der Waals surface area contributed by atoms with Gasteiger partial charge in [0.2, 0.25) is 10.0 Å². The Kier molecular flexibility index (Phi) is 4.22. The highest BCUT2D eigenvalue weighted by molar-refractivity contribution is 7.89. The van der Waals surface area contributed by atoms with E-state index in [1.807, 2.05) is 6.07 Å². The summed E-state index contributed by atoms with van der Waals surface area (Å²) in [6.07, 6.45) is 5.65. The first-order valence-corrected chi connectivity index (χ1v) is 8.80. The molecule has 1 aromatic carbocycles. The number of fused-ring (bicyclic) bond motifs is 1. The second-order valence-electron chi connectivity index (χ2n) is 5.38. The third kappa shape index (κ3) is 3.03. The molecule has 0 bridgehead atoms. The number of furan rings is 1. The maximum absolute atomic E-state index is 12.6. The Morgan fingerprint density at radius 1 is 1.23 bits per heavy atom. The molecule has 1 aliphatic carbocycles. The number of aryl methyl sites for hydroxylation is 2. The van der Waals surface area contributed by atoms with Gasteiger partial charge in [-0.3, -0.25) is 0 Å². The second kappa shape index (κ2) is 6.14. The van der Waals surface area contributed by atoms with Crippen LogP contribution in [-0.2, 0) is 29.4 Å². The molecule has 1 N–H and O–H groups in total. The van der Waals surface area contributed by atoms with Crippen molar-refractivity contribution in [1.29, 1.82) is 0 Å². The summed E-state index contributed by atoms with van der Waals surface area (Å²) in [5.74, 6) is 0.966. The first-order valence-electron chi connectivity index (χ1n) is 7.32. The normalized spacial score (nSPS) is 14.6. The molecule has 0 radical (unpaired) electrons. The van der Waals surface area contributed by atoms with Crippen molar-refractivity contribution >= 4 is 10.0 Å². The smallest absolute Gasteiger partial charge is 0.244 e. The van der Waals surface area contributed by atoms with Gasteiger partial charge >= 0.3 is 0 Å². The van der Waals surface area contributed by atoms with Crippen molar-refractivity contribution in [2.45, 2.75) is 37.1 Å². The van der Waals surface area contributed by atoms with E-state index in [0.29, 0.717) is 11.5 Å². The Bertz CT molecular complexity index is 751. The van der Waals surface area contributed by atoms with Crippen molar-refractivity contribution in [3.63, 3.8) is 0 Å². The molecule has 6 heteroatoms. The van der Waals surface area contributed by atoms with E-state index in [1.165, 1.54) is 18.9 Å². The molecule has 0 fully saturated rings. The predicted molar refractivity (Wildman–Crippen MR) is 82.4 cm³/mol. The number of benzene rings is 1. The summed E-state index contributed by atoms with van der Waals surface area (Å²) in [6.45, 7) is 0.121. The molecule has 0 amide bonds. The highest BCUT2D eigenvalue weighted by Gasteiger charge is 2.23. The van der Waals surface area contributed by atoms with E-state index in [4.69, 9.17) is 9.15 Å². The third-order valence-electron chi connectivity index (χ3n) is 3.93. The second-order valence-corrected chi connectivity index (χ2v) is 7.12. The van der Waals surface area contributed by atoms with E-state index in [0.717, 1.165) is 31.2 Å². The Morgan fingerprint density at radius 3 is 2.59 bits per heavy atom. The molecule has 22 heavy (non-hydrogen) atoms. The molecule has 5 nitrogen and oxygen atoms in total. The minimum atomic E-state index is -3.65. The Hall–Kier alpha value is -1.79. The van der Waals surface area contributed by atoms with Gasteiger partial charge in [0.15, 0.2) is 0 Å². The van der Waals surface area contributed by atoms with Crippen LogP contribution in [0.5, 0.6) is 5.75 Å². The minimum Gasteiger partial charge on any atom is -0.495 e. The van der Waals surface area contributed by atoms with E-state index in [-0.39, 0.29) is 11.4 Å². The SMILES string of the molecule is COc1cc2c(cc1S(=O)(=O)NCc1ccco1)CCCC2. The van der Waals surface area contributed by atoms with Gasteiger partial charge in [0, 0.05) is 0 Å². The molecule has 0 saturated heterocycles. The Morgan fingerprint density at radius 2 is 1.95 bits per heavy atom. The van der Waals surface area contributed by atoms with Crippen LogP contribution in [-0.4, -0.2) is 15.5 Å². The molecule has 0 spiro atoms. The van der Waals surface area contributed by atoms with Crippen LogP contribution in [0.2, 0.25) is 0 Å². The summed E-state index contributed by atoms with van der Waals surface area (Å²) in [7, 11) is -2.15. The maximum Gasteiger partial charge on any atom is 0.244 e. The van der Waals surface area contributed by atoms with Crippen LogP contribution < -0.4 is 9.46 Å². The molecular formula is C16H19NO4S. The number of nitrogens with one attached hydrogen (secondary N) is 1. The van der Waals surface area contributed by atoms with Gasteiger partial charge in [-0.1, -0.05) is 0 Å². The van der Waals surface area contributed by atoms with Crippen LogP contribution in [0.4, 0.5) is 0 Å². The molecule has 2 aromatic rings. The quantitative estimate of drug-likeness (QED) is 0.919. The Balaban J connectivity index is 1.91. The summed E-state index contributed by atoms with van der Waals surface area (Å²) in [4.78, 5) is 0.196. The van der Waals surface area contributed by atoms with E-state index in [2.05, 4.69) is 4.72 Å². The topological polar surface area (TPSA) is 68.5 Å². The van der Waals surface area contributed by atoms with E-state index in [9.17, 15) is 8.42 Å². The summed E-state index contributed by atoms with van der Waals surface area (Å²) in [5, 5.41) is 0.